The van der Waals surface area contributed by atoms with Gasteiger partial charge in [0.2, 0.25) is 0 Å². The summed E-state index contributed by atoms with van der Waals surface area (Å²) >= 11 is 0. The molecular weight excluding hydrogens is 388 g/mol. The van der Waals surface area contributed by atoms with E-state index in [0.717, 1.165) is 45.7 Å². The van der Waals surface area contributed by atoms with Crippen molar-refractivity contribution in [2.45, 2.75) is 31.8 Å². The van der Waals surface area contributed by atoms with Crippen molar-refractivity contribution >= 4 is 22.9 Å². The minimum Gasteiger partial charge on any atom is -0.379 e. The van der Waals surface area contributed by atoms with Crippen molar-refractivity contribution in [3.63, 3.8) is 0 Å². The van der Waals surface area contributed by atoms with Gasteiger partial charge in [0.15, 0.2) is 5.82 Å². The monoisotopic (exact) mass is 414 g/mol. The maximum absolute atomic E-state index is 11.8. The Balaban J connectivity index is 1.53. The summed E-state index contributed by atoms with van der Waals surface area (Å²) in [6, 6.07) is 5.63. The topological polar surface area (TPSA) is 117 Å². The first-order valence-corrected chi connectivity index (χ1v) is 10.2. The van der Waals surface area contributed by atoms with Crippen molar-refractivity contribution in [1.82, 2.24) is 14.9 Å². The number of nitro groups is 1. The number of benzene rings is 1. The number of aromatic amines is 1. The second-order valence-electron chi connectivity index (χ2n) is 7.72. The van der Waals surface area contributed by atoms with Gasteiger partial charge in [-0.25, -0.2) is 4.98 Å². The number of nitrogens with zero attached hydrogens (tertiary/aromatic N) is 4. The van der Waals surface area contributed by atoms with Crippen LogP contribution in [0.25, 0.3) is 0 Å². The Kier molecular flexibility index (Phi) is 5.96. The van der Waals surface area contributed by atoms with Crippen LogP contribution in [0.2, 0.25) is 0 Å². The third kappa shape index (κ3) is 4.29. The lowest BCUT2D eigenvalue weighted by molar-refractivity contribution is -0.384. The summed E-state index contributed by atoms with van der Waals surface area (Å²) in [5.74, 6) is 0.0965. The number of anilines is 3. The second-order valence-corrected chi connectivity index (χ2v) is 7.72. The van der Waals surface area contributed by atoms with Crippen molar-refractivity contribution in [3.8, 4) is 0 Å². The molecule has 2 N–H and O–H groups in total. The van der Waals surface area contributed by atoms with Gasteiger partial charge in [0, 0.05) is 55.9 Å². The maximum Gasteiger partial charge on any atom is 0.294 e. The fraction of sp³-hybridized carbons (Fsp3) is 0.500. The van der Waals surface area contributed by atoms with Crippen LogP contribution in [0.4, 0.5) is 22.9 Å². The van der Waals surface area contributed by atoms with Gasteiger partial charge in [0.25, 0.3) is 11.2 Å². The van der Waals surface area contributed by atoms with Crippen LogP contribution in [0.5, 0.6) is 0 Å². The van der Waals surface area contributed by atoms with E-state index in [0.29, 0.717) is 17.4 Å². The molecule has 1 aromatic carbocycles. The molecule has 2 atom stereocenters. The van der Waals surface area contributed by atoms with Crippen LogP contribution in [-0.4, -0.2) is 64.7 Å². The average Bonchev–Trinajstić information content (AvgIpc) is 2.76. The number of nitro benzene ring substituents is 1. The van der Waals surface area contributed by atoms with Crippen LogP contribution in [-0.2, 0) is 4.74 Å². The van der Waals surface area contributed by atoms with Gasteiger partial charge >= 0.3 is 0 Å². The minimum absolute atomic E-state index is 0.0176. The molecule has 2 aliphatic heterocycles. The summed E-state index contributed by atoms with van der Waals surface area (Å²) in [6.45, 7) is 6.32. The van der Waals surface area contributed by atoms with Crippen molar-refractivity contribution in [2.24, 2.45) is 0 Å². The number of ether oxygens (including phenoxy) is 1. The van der Waals surface area contributed by atoms with Crippen molar-refractivity contribution in [2.75, 3.05) is 43.1 Å². The number of rotatable bonds is 5. The Bertz CT molecular complexity index is 958. The number of H-pyrrole nitrogens is 1. The zero-order valence-electron chi connectivity index (χ0n) is 16.9. The largest absolute Gasteiger partial charge is 0.379 e. The predicted molar refractivity (Wildman–Crippen MR) is 113 cm³/mol. The van der Waals surface area contributed by atoms with Gasteiger partial charge in [-0.05, 0) is 31.9 Å². The van der Waals surface area contributed by atoms with Crippen LogP contribution in [0, 0.1) is 10.1 Å². The van der Waals surface area contributed by atoms with E-state index in [9.17, 15) is 14.9 Å². The van der Waals surface area contributed by atoms with Gasteiger partial charge in [-0.3, -0.25) is 19.8 Å². The first kappa shape index (κ1) is 20.3. The summed E-state index contributed by atoms with van der Waals surface area (Å²) in [6.07, 6.45) is 4.80. The van der Waals surface area contributed by atoms with E-state index in [2.05, 4.69) is 32.0 Å². The van der Waals surface area contributed by atoms with E-state index in [1.807, 2.05) is 0 Å². The minimum atomic E-state index is -0.386. The fourth-order valence-corrected chi connectivity index (χ4v) is 4.35. The van der Waals surface area contributed by atoms with E-state index < -0.39 is 0 Å². The van der Waals surface area contributed by atoms with Crippen LogP contribution in [0.1, 0.15) is 19.8 Å². The Hall–Kier alpha value is -2.98. The molecular formula is C20H26N6O4. The molecule has 2 aliphatic rings. The summed E-state index contributed by atoms with van der Waals surface area (Å²) in [4.78, 5) is 34.3. The smallest absolute Gasteiger partial charge is 0.294 e. The second kappa shape index (κ2) is 8.80. The van der Waals surface area contributed by atoms with Crippen molar-refractivity contribution in [3.05, 3.63) is 51.1 Å². The molecule has 0 amide bonds. The first-order valence-electron chi connectivity index (χ1n) is 10.2. The Morgan fingerprint density at radius 2 is 2.10 bits per heavy atom. The van der Waals surface area contributed by atoms with Gasteiger partial charge < -0.3 is 19.9 Å². The maximum atomic E-state index is 11.8. The van der Waals surface area contributed by atoms with Crippen LogP contribution in [0.15, 0.2) is 35.4 Å². The molecule has 0 radical (unpaired) electrons. The van der Waals surface area contributed by atoms with E-state index in [4.69, 9.17) is 4.74 Å². The molecule has 10 heteroatoms. The summed E-state index contributed by atoms with van der Waals surface area (Å²) < 4.78 is 5.45. The molecule has 1 aromatic heterocycles. The van der Waals surface area contributed by atoms with Crippen LogP contribution in [0.3, 0.4) is 0 Å². The summed E-state index contributed by atoms with van der Waals surface area (Å²) in [5.41, 5.74) is 0.686. The molecule has 1 unspecified atom stereocenters. The van der Waals surface area contributed by atoms with E-state index in [1.54, 1.807) is 12.1 Å². The fourth-order valence-electron chi connectivity index (χ4n) is 4.35. The van der Waals surface area contributed by atoms with Crippen LogP contribution >= 0.6 is 0 Å². The normalized spacial score (nSPS) is 22.6. The van der Waals surface area contributed by atoms with Gasteiger partial charge in [-0.1, -0.05) is 0 Å². The van der Waals surface area contributed by atoms with Gasteiger partial charge in [-0.15, -0.1) is 0 Å². The number of hydrogen-bond donors (Lipinski definition) is 2. The molecule has 0 saturated carbocycles. The lowest BCUT2D eigenvalue weighted by atomic mass is 9.95. The zero-order chi connectivity index (χ0) is 21.1. The standard InChI is InChI=1S/C20H26N6O4/c1-14-12-16(24-8-10-30-11-9-24)4-7-25(14)17-3-2-15(13-18(17)26(28)29)23-19-20(27)22-6-5-21-19/h2-3,5-6,13-14,16H,4,7-12H2,1H3,(H,21,23)(H,22,27)/t14-,16?/m0/s1. The number of nitrogens with one attached hydrogen (secondary N) is 2. The van der Waals surface area contributed by atoms with E-state index in [-0.39, 0.29) is 28.0 Å². The quantitative estimate of drug-likeness (QED) is 0.564. The first-order chi connectivity index (χ1) is 14.5. The molecule has 0 aliphatic carbocycles. The molecule has 4 rings (SSSR count). The van der Waals surface area contributed by atoms with Crippen molar-refractivity contribution in [1.29, 1.82) is 0 Å². The molecule has 2 fully saturated rings. The number of hydrogen-bond acceptors (Lipinski definition) is 8. The molecule has 0 bridgehead atoms. The third-order valence-electron chi connectivity index (χ3n) is 5.86. The van der Waals surface area contributed by atoms with Crippen LogP contribution < -0.4 is 15.8 Å². The highest BCUT2D eigenvalue weighted by Crippen LogP contribution is 2.36. The van der Waals surface area contributed by atoms with E-state index >= 15 is 0 Å². The Morgan fingerprint density at radius 3 is 2.80 bits per heavy atom. The number of piperidine rings is 1. The summed E-state index contributed by atoms with van der Waals surface area (Å²) in [5, 5.41) is 14.7. The molecule has 2 saturated heterocycles. The predicted octanol–water partition coefficient (Wildman–Crippen LogP) is 2.11. The summed E-state index contributed by atoms with van der Waals surface area (Å²) in [7, 11) is 0. The highest BCUT2D eigenvalue weighted by Gasteiger charge is 2.33. The highest BCUT2D eigenvalue weighted by molar-refractivity contribution is 5.71. The van der Waals surface area contributed by atoms with Gasteiger partial charge in [0.05, 0.1) is 18.1 Å². The van der Waals surface area contributed by atoms with E-state index in [1.165, 1.54) is 18.5 Å². The lowest BCUT2D eigenvalue weighted by Crippen LogP contribution is -2.52. The number of aromatic nitrogens is 2. The molecule has 3 heterocycles. The zero-order valence-corrected chi connectivity index (χ0v) is 16.9. The van der Waals surface area contributed by atoms with Gasteiger partial charge in [0.1, 0.15) is 5.69 Å². The van der Waals surface area contributed by atoms with Crippen molar-refractivity contribution < 1.29 is 9.66 Å². The lowest BCUT2D eigenvalue weighted by Gasteiger charge is -2.44. The Morgan fingerprint density at radius 1 is 1.30 bits per heavy atom. The molecule has 0 spiro atoms. The average molecular weight is 414 g/mol. The molecule has 2 aromatic rings. The SMILES string of the molecule is C[C@H]1CC(N2CCOCC2)CCN1c1ccc(Nc2ncc[nH]c2=O)cc1[N+](=O)[O-]. The highest BCUT2D eigenvalue weighted by atomic mass is 16.6. The number of morpholine rings is 1. The molecule has 160 valence electrons. The van der Waals surface area contributed by atoms with Gasteiger partial charge in [-0.2, -0.15) is 0 Å². The third-order valence-corrected chi connectivity index (χ3v) is 5.86. The Labute approximate surface area is 174 Å². The molecule has 30 heavy (non-hydrogen) atoms. The molecule has 10 nitrogen and oxygen atoms in total.